The number of carbonyl (C=O) groups excluding carboxylic acids is 2. The molecule has 0 bridgehead atoms. The van der Waals surface area contributed by atoms with Crippen molar-refractivity contribution in [3.8, 4) is 0 Å². The van der Waals surface area contributed by atoms with E-state index in [0.29, 0.717) is 18.7 Å². The molecule has 3 aromatic rings. The predicted molar refractivity (Wildman–Crippen MR) is 133 cm³/mol. The van der Waals surface area contributed by atoms with E-state index in [-0.39, 0.29) is 11.8 Å². The van der Waals surface area contributed by atoms with Gasteiger partial charge in [0.1, 0.15) is 12.4 Å². The van der Waals surface area contributed by atoms with E-state index in [0.717, 1.165) is 67.5 Å². The molecule has 1 heterocycles. The maximum atomic E-state index is 12.8. The number of aromatic nitrogens is 2. The van der Waals surface area contributed by atoms with Gasteiger partial charge in [-0.05, 0) is 50.5 Å². The second kappa shape index (κ2) is 12.2. The van der Waals surface area contributed by atoms with Gasteiger partial charge in [0.2, 0.25) is 5.91 Å². The molecule has 1 aromatic heterocycles. The van der Waals surface area contributed by atoms with Crippen molar-refractivity contribution in [1.82, 2.24) is 19.8 Å². The molecule has 0 saturated carbocycles. The number of para-hydroxylation sites is 2. The highest BCUT2D eigenvalue weighted by Crippen LogP contribution is 2.18. The van der Waals surface area contributed by atoms with Gasteiger partial charge in [-0.15, -0.1) is 0 Å². The largest absolute Gasteiger partial charge is 0.352 e. The first kappa shape index (κ1) is 24.5. The number of rotatable bonds is 12. The number of amides is 2. The van der Waals surface area contributed by atoms with E-state index >= 15 is 0 Å². The summed E-state index contributed by atoms with van der Waals surface area (Å²) in [6.07, 6.45) is 5.76. The molecule has 176 valence electrons. The summed E-state index contributed by atoms with van der Waals surface area (Å²) in [6.45, 7) is 5.88. The van der Waals surface area contributed by atoms with Gasteiger partial charge in [0.25, 0.3) is 5.91 Å². The molecule has 2 amide bonds. The van der Waals surface area contributed by atoms with Crippen LogP contribution in [0.4, 0.5) is 0 Å². The number of fused-ring (bicyclic) bond motifs is 1. The molecule has 6 heteroatoms. The zero-order valence-corrected chi connectivity index (χ0v) is 20.1. The van der Waals surface area contributed by atoms with Crippen LogP contribution in [0.25, 0.3) is 11.0 Å². The first-order valence-electron chi connectivity index (χ1n) is 12.0. The van der Waals surface area contributed by atoms with E-state index < -0.39 is 0 Å². The van der Waals surface area contributed by atoms with Crippen molar-refractivity contribution in [2.24, 2.45) is 0 Å². The predicted octanol–water partition coefficient (Wildman–Crippen LogP) is 4.75. The number of aryl methyl sites for hydroxylation is 2. The fraction of sp³-hybridized carbons (Fsp3) is 0.444. The lowest BCUT2D eigenvalue weighted by molar-refractivity contribution is -0.130. The fourth-order valence-electron chi connectivity index (χ4n) is 3.94. The highest BCUT2D eigenvalue weighted by atomic mass is 16.2. The number of nitrogens with one attached hydrogen (secondary N) is 1. The SMILES string of the molecule is CCCCN(C)C(=O)Cn1c(CCCCCNC(=O)c2cccc(C)c2)nc2ccccc21. The number of hydrogen-bond acceptors (Lipinski definition) is 3. The summed E-state index contributed by atoms with van der Waals surface area (Å²) < 4.78 is 2.07. The number of nitrogens with zero attached hydrogens (tertiary/aromatic N) is 3. The number of unbranched alkanes of at least 4 members (excludes halogenated alkanes) is 3. The molecule has 0 atom stereocenters. The van der Waals surface area contributed by atoms with Crippen LogP contribution in [-0.2, 0) is 17.8 Å². The molecule has 0 aliphatic rings. The normalized spacial score (nSPS) is 11.0. The van der Waals surface area contributed by atoms with E-state index in [2.05, 4.69) is 16.8 Å². The van der Waals surface area contributed by atoms with Crippen molar-refractivity contribution in [2.45, 2.75) is 58.9 Å². The van der Waals surface area contributed by atoms with Crippen LogP contribution in [0, 0.1) is 6.92 Å². The van der Waals surface area contributed by atoms with Gasteiger partial charge in [-0.3, -0.25) is 9.59 Å². The molecule has 3 rings (SSSR count). The Morgan fingerprint density at radius 3 is 2.64 bits per heavy atom. The second-order valence-corrected chi connectivity index (χ2v) is 8.71. The molecule has 0 aliphatic heterocycles. The Kier molecular flexibility index (Phi) is 9.04. The summed E-state index contributed by atoms with van der Waals surface area (Å²) in [6, 6.07) is 15.6. The van der Waals surface area contributed by atoms with Crippen LogP contribution >= 0.6 is 0 Å². The maximum Gasteiger partial charge on any atom is 0.251 e. The molecule has 0 saturated heterocycles. The van der Waals surface area contributed by atoms with E-state index in [9.17, 15) is 9.59 Å². The van der Waals surface area contributed by atoms with Gasteiger partial charge < -0.3 is 14.8 Å². The lowest BCUT2D eigenvalue weighted by Gasteiger charge is -2.18. The summed E-state index contributed by atoms with van der Waals surface area (Å²) in [5.41, 5.74) is 3.73. The molecular weight excluding hydrogens is 412 g/mol. The van der Waals surface area contributed by atoms with Gasteiger partial charge in [0, 0.05) is 32.1 Å². The number of likely N-dealkylation sites (N-methyl/N-ethyl adjacent to an activating group) is 1. The standard InChI is InChI=1S/C27H36N4O2/c1-4-5-18-30(3)26(32)20-31-24-15-9-8-14-23(24)29-25(31)16-7-6-10-17-28-27(33)22-13-11-12-21(2)19-22/h8-9,11-15,19H,4-7,10,16-18,20H2,1-3H3,(H,28,33). The Morgan fingerprint density at radius 1 is 1.03 bits per heavy atom. The van der Waals surface area contributed by atoms with E-state index in [1.807, 2.05) is 67.4 Å². The Labute approximate surface area is 197 Å². The molecule has 0 aliphatic carbocycles. The molecule has 0 fully saturated rings. The van der Waals surface area contributed by atoms with Gasteiger partial charge in [0.15, 0.2) is 0 Å². The van der Waals surface area contributed by atoms with Crippen LogP contribution in [0.15, 0.2) is 48.5 Å². The number of benzene rings is 2. The molecule has 1 N–H and O–H groups in total. The lowest BCUT2D eigenvalue weighted by atomic mass is 10.1. The Balaban J connectivity index is 1.52. The molecular formula is C27H36N4O2. The second-order valence-electron chi connectivity index (χ2n) is 8.71. The van der Waals surface area contributed by atoms with Crippen molar-refractivity contribution in [3.63, 3.8) is 0 Å². The topological polar surface area (TPSA) is 67.2 Å². The first-order valence-corrected chi connectivity index (χ1v) is 12.0. The van der Waals surface area contributed by atoms with Crippen LogP contribution in [-0.4, -0.2) is 46.4 Å². The van der Waals surface area contributed by atoms with E-state index in [1.165, 1.54) is 0 Å². The monoisotopic (exact) mass is 448 g/mol. The minimum Gasteiger partial charge on any atom is -0.352 e. The third kappa shape index (κ3) is 6.91. The Morgan fingerprint density at radius 2 is 1.85 bits per heavy atom. The van der Waals surface area contributed by atoms with Gasteiger partial charge in [-0.25, -0.2) is 4.98 Å². The summed E-state index contributed by atoms with van der Waals surface area (Å²) in [4.78, 5) is 31.6. The minimum absolute atomic E-state index is 0.0220. The lowest BCUT2D eigenvalue weighted by Crippen LogP contribution is -2.31. The zero-order chi connectivity index (χ0) is 23.6. The third-order valence-electron chi connectivity index (χ3n) is 5.94. The van der Waals surface area contributed by atoms with Crippen LogP contribution in [0.1, 0.15) is 60.8 Å². The van der Waals surface area contributed by atoms with Crippen LogP contribution in [0.5, 0.6) is 0 Å². The minimum atomic E-state index is -0.0220. The van der Waals surface area contributed by atoms with Crippen molar-refractivity contribution in [2.75, 3.05) is 20.1 Å². The van der Waals surface area contributed by atoms with Gasteiger partial charge in [-0.2, -0.15) is 0 Å². The molecule has 0 radical (unpaired) electrons. The highest BCUT2D eigenvalue weighted by molar-refractivity contribution is 5.94. The Hall–Kier alpha value is -3.15. The zero-order valence-electron chi connectivity index (χ0n) is 20.1. The first-order chi connectivity index (χ1) is 16.0. The molecule has 0 unspecified atom stereocenters. The quantitative estimate of drug-likeness (QED) is 0.407. The van der Waals surface area contributed by atoms with Gasteiger partial charge >= 0.3 is 0 Å². The van der Waals surface area contributed by atoms with Crippen molar-refractivity contribution < 1.29 is 9.59 Å². The third-order valence-corrected chi connectivity index (χ3v) is 5.94. The van der Waals surface area contributed by atoms with E-state index in [1.54, 1.807) is 0 Å². The highest BCUT2D eigenvalue weighted by Gasteiger charge is 2.15. The average Bonchev–Trinajstić information content (AvgIpc) is 3.16. The van der Waals surface area contributed by atoms with Gasteiger partial charge in [0.05, 0.1) is 11.0 Å². The van der Waals surface area contributed by atoms with Crippen LogP contribution in [0.3, 0.4) is 0 Å². The van der Waals surface area contributed by atoms with Gasteiger partial charge in [-0.1, -0.05) is 49.6 Å². The van der Waals surface area contributed by atoms with Crippen molar-refractivity contribution in [3.05, 3.63) is 65.5 Å². The summed E-state index contributed by atoms with van der Waals surface area (Å²) in [5, 5.41) is 3.00. The maximum absolute atomic E-state index is 12.8. The number of carbonyl (C=O) groups is 2. The van der Waals surface area contributed by atoms with Crippen molar-refractivity contribution in [1.29, 1.82) is 0 Å². The van der Waals surface area contributed by atoms with Crippen molar-refractivity contribution >= 4 is 22.8 Å². The van der Waals surface area contributed by atoms with Crippen LogP contribution in [0.2, 0.25) is 0 Å². The fourth-order valence-corrected chi connectivity index (χ4v) is 3.94. The molecule has 2 aromatic carbocycles. The molecule has 6 nitrogen and oxygen atoms in total. The number of imidazole rings is 1. The molecule has 0 spiro atoms. The van der Waals surface area contributed by atoms with E-state index in [4.69, 9.17) is 4.98 Å². The summed E-state index contributed by atoms with van der Waals surface area (Å²) in [5.74, 6) is 1.05. The van der Waals surface area contributed by atoms with Crippen LogP contribution < -0.4 is 5.32 Å². The Bertz CT molecular complexity index is 1070. The summed E-state index contributed by atoms with van der Waals surface area (Å²) in [7, 11) is 1.88. The average molecular weight is 449 g/mol. The number of hydrogen-bond donors (Lipinski definition) is 1. The molecule has 33 heavy (non-hydrogen) atoms. The smallest absolute Gasteiger partial charge is 0.251 e. The summed E-state index contributed by atoms with van der Waals surface area (Å²) >= 11 is 0.